The van der Waals surface area contributed by atoms with Crippen LogP contribution in [0.4, 0.5) is 10.9 Å². The molecule has 0 saturated carbocycles. The molecule has 1 saturated heterocycles. The van der Waals surface area contributed by atoms with Gasteiger partial charge in [0.1, 0.15) is 5.82 Å². The Balaban J connectivity index is 1.42. The van der Waals surface area contributed by atoms with Gasteiger partial charge in [-0.15, -0.1) is 11.3 Å². The van der Waals surface area contributed by atoms with E-state index in [1.807, 2.05) is 31.3 Å². The van der Waals surface area contributed by atoms with Crippen LogP contribution in [0.3, 0.4) is 0 Å². The van der Waals surface area contributed by atoms with E-state index in [-0.39, 0.29) is 5.91 Å². The molecule has 3 heterocycles. The van der Waals surface area contributed by atoms with Crippen LogP contribution in [0, 0.1) is 6.92 Å². The summed E-state index contributed by atoms with van der Waals surface area (Å²) in [6.07, 6.45) is 1.84. The maximum absolute atomic E-state index is 12.1. The number of amides is 1. The van der Waals surface area contributed by atoms with Crippen LogP contribution in [0.5, 0.6) is 0 Å². The number of pyridine rings is 1. The number of carbonyl (C=O) groups is 1. The number of hydrogen-bond donors (Lipinski definition) is 2. The summed E-state index contributed by atoms with van der Waals surface area (Å²) < 4.78 is 0. The zero-order chi connectivity index (χ0) is 16.9. The van der Waals surface area contributed by atoms with E-state index >= 15 is 0 Å². The molecule has 3 N–H and O–H groups in total. The lowest BCUT2D eigenvalue weighted by molar-refractivity contribution is -0.117. The van der Waals surface area contributed by atoms with E-state index in [9.17, 15) is 4.79 Å². The summed E-state index contributed by atoms with van der Waals surface area (Å²) in [5.41, 5.74) is 6.56. The molecular weight excluding hydrogens is 324 g/mol. The molecule has 0 spiro atoms. The Morgan fingerprint density at radius 1 is 1.29 bits per heavy atom. The number of piperazine rings is 1. The van der Waals surface area contributed by atoms with Gasteiger partial charge in [0, 0.05) is 49.5 Å². The highest BCUT2D eigenvalue weighted by Gasteiger charge is 2.19. The minimum absolute atomic E-state index is 0.0169. The molecule has 0 radical (unpaired) electrons. The average molecular weight is 346 g/mol. The van der Waals surface area contributed by atoms with Crippen LogP contribution in [0.15, 0.2) is 24.4 Å². The standard InChI is InChI=1S/C16H22N6OS/c1-12-3-2-4-14(19-12)20-15(23)11-22-7-5-21(6-8-22)10-13-9-18-16(17)24-13/h2-4,9H,5-8,10-11H2,1H3,(H2,17,18)(H,19,20,23). The average Bonchev–Trinajstić information content (AvgIpc) is 2.94. The molecule has 0 aromatic carbocycles. The smallest absolute Gasteiger partial charge is 0.239 e. The summed E-state index contributed by atoms with van der Waals surface area (Å²) in [5, 5.41) is 3.47. The largest absolute Gasteiger partial charge is 0.375 e. The third kappa shape index (κ3) is 4.73. The highest BCUT2D eigenvalue weighted by atomic mass is 32.1. The second-order valence-electron chi connectivity index (χ2n) is 5.93. The SMILES string of the molecule is Cc1cccc(NC(=O)CN2CCN(Cc3cnc(N)s3)CC2)n1. The number of aromatic nitrogens is 2. The summed E-state index contributed by atoms with van der Waals surface area (Å²) in [4.78, 5) is 26.2. The van der Waals surface area contributed by atoms with Gasteiger partial charge in [-0.1, -0.05) is 6.07 Å². The molecule has 3 rings (SSSR count). The van der Waals surface area contributed by atoms with Gasteiger partial charge in [0.2, 0.25) is 5.91 Å². The van der Waals surface area contributed by atoms with Crippen molar-refractivity contribution in [2.45, 2.75) is 13.5 Å². The molecule has 24 heavy (non-hydrogen) atoms. The van der Waals surface area contributed by atoms with Gasteiger partial charge < -0.3 is 11.1 Å². The van der Waals surface area contributed by atoms with E-state index in [0.717, 1.165) is 38.4 Å². The first-order valence-corrected chi connectivity index (χ1v) is 8.78. The molecule has 1 amide bonds. The summed E-state index contributed by atoms with van der Waals surface area (Å²) in [7, 11) is 0. The van der Waals surface area contributed by atoms with Crippen molar-refractivity contribution in [1.82, 2.24) is 19.8 Å². The molecule has 0 atom stereocenters. The minimum Gasteiger partial charge on any atom is -0.375 e. The Kier molecular flexibility index (Phi) is 5.39. The molecule has 0 unspecified atom stereocenters. The van der Waals surface area contributed by atoms with Gasteiger partial charge in [-0.05, 0) is 19.1 Å². The van der Waals surface area contributed by atoms with E-state index in [4.69, 9.17) is 5.73 Å². The van der Waals surface area contributed by atoms with Crippen LogP contribution in [0.2, 0.25) is 0 Å². The lowest BCUT2D eigenvalue weighted by Crippen LogP contribution is -2.48. The Labute approximate surface area is 145 Å². The van der Waals surface area contributed by atoms with Crippen LogP contribution in [-0.4, -0.2) is 58.4 Å². The van der Waals surface area contributed by atoms with Crippen molar-refractivity contribution >= 4 is 28.2 Å². The van der Waals surface area contributed by atoms with Gasteiger partial charge in [-0.3, -0.25) is 14.6 Å². The van der Waals surface area contributed by atoms with E-state index in [1.54, 1.807) is 0 Å². The third-order valence-electron chi connectivity index (χ3n) is 3.94. The number of nitrogens with one attached hydrogen (secondary N) is 1. The number of hydrogen-bond acceptors (Lipinski definition) is 7. The molecule has 0 bridgehead atoms. The Morgan fingerprint density at radius 3 is 2.71 bits per heavy atom. The number of carbonyl (C=O) groups excluding carboxylic acids is 1. The maximum Gasteiger partial charge on any atom is 0.239 e. The fourth-order valence-electron chi connectivity index (χ4n) is 2.72. The van der Waals surface area contributed by atoms with Gasteiger partial charge in [0.05, 0.1) is 6.54 Å². The molecule has 1 aliphatic heterocycles. The first kappa shape index (κ1) is 16.8. The minimum atomic E-state index is -0.0169. The fourth-order valence-corrected chi connectivity index (χ4v) is 3.45. The van der Waals surface area contributed by atoms with E-state index in [2.05, 4.69) is 25.1 Å². The summed E-state index contributed by atoms with van der Waals surface area (Å²) in [5.74, 6) is 0.596. The third-order valence-corrected chi connectivity index (χ3v) is 4.75. The van der Waals surface area contributed by atoms with Crippen LogP contribution in [0.25, 0.3) is 0 Å². The fraction of sp³-hybridized carbons (Fsp3) is 0.438. The van der Waals surface area contributed by atoms with Gasteiger partial charge in [0.15, 0.2) is 5.13 Å². The van der Waals surface area contributed by atoms with Crippen LogP contribution < -0.4 is 11.1 Å². The van der Waals surface area contributed by atoms with Crippen molar-refractivity contribution in [3.05, 3.63) is 35.0 Å². The molecule has 128 valence electrons. The van der Waals surface area contributed by atoms with E-state index < -0.39 is 0 Å². The van der Waals surface area contributed by atoms with Gasteiger partial charge in [-0.25, -0.2) is 9.97 Å². The molecule has 8 heteroatoms. The van der Waals surface area contributed by atoms with Crippen molar-refractivity contribution in [3.63, 3.8) is 0 Å². The van der Waals surface area contributed by atoms with Crippen molar-refractivity contribution < 1.29 is 4.79 Å². The number of nitrogens with two attached hydrogens (primary N) is 1. The molecule has 0 aliphatic carbocycles. The van der Waals surface area contributed by atoms with Gasteiger partial charge in [0.25, 0.3) is 0 Å². The summed E-state index contributed by atoms with van der Waals surface area (Å²) in [6, 6.07) is 5.61. The normalized spacial score (nSPS) is 16.2. The maximum atomic E-state index is 12.1. The highest BCUT2D eigenvalue weighted by molar-refractivity contribution is 7.15. The number of rotatable bonds is 5. The lowest BCUT2D eigenvalue weighted by atomic mass is 10.3. The van der Waals surface area contributed by atoms with Crippen molar-refractivity contribution in [3.8, 4) is 0 Å². The summed E-state index contributed by atoms with van der Waals surface area (Å²) in [6.45, 7) is 6.82. The molecular formula is C16H22N6OS. The Bertz CT molecular complexity index is 695. The van der Waals surface area contributed by atoms with E-state index in [0.29, 0.717) is 17.5 Å². The topological polar surface area (TPSA) is 87.4 Å². The van der Waals surface area contributed by atoms with Crippen LogP contribution >= 0.6 is 11.3 Å². The lowest BCUT2D eigenvalue weighted by Gasteiger charge is -2.33. The molecule has 2 aromatic heterocycles. The molecule has 7 nitrogen and oxygen atoms in total. The second-order valence-corrected chi connectivity index (χ2v) is 7.08. The van der Waals surface area contributed by atoms with E-state index in [1.165, 1.54) is 16.2 Å². The van der Waals surface area contributed by atoms with Crippen molar-refractivity contribution in [2.75, 3.05) is 43.8 Å². The van der Waals surface area contributed by atoms with Crippen LogP contribution in [-0.2, 0) is 11.3 Å². The van der Waals surface area contributed by atoms with Crippen molar-refractivity contribution in [1.29, 1.82) is 0 Å². The zero-order valence-electron chi connectivity index (χ0n) is 13.7. The quantitative estimate of drug-likeness (QED) is 0.845. The molecule has 2 aromatic rings. The second kappa shape index (κ2) is 7.69. The Morgan fingerprint density at radius 2 is 2.04 bits per heavy atom. The first-order valence-electron chi connectivity index (χ1n) is 7.97. The predicted molar refractivity (Wildman–Crippen MR) is 95.8 cm³/mol. The molecule has 1 aliphatic rings. The zero-order valence-corrected chi connectivity index (χ0v) is 14.6. The number of anilines is 2. The number of thiazole rings is 1. The van der Waals surface area contributed by atoms with Crippen molar-refractivity contribution in [2.24, 2.45) is 0 Å². The predicted octanol–water partition coefficient (Wildman–Crippen LogP) is 1.19. The number of nitrogens with zero attached hydrogens (tertiary/aromatic N) is 4. The first-order chi connectivity index (χ1) is 11.6. The number of nitrogen functional groups attached to an aromatic ring is 1. The highest BCUT2D eigenvalue weighted by Crippen LogP contribution is 2.17. The monoisotopic (exact) mass is 346 g/mol. The Hall–Kier alpha value is -2.03. The van der Waals surface area contributed by atoms with Crippen LogP contribution in [0.1, 0.15) is 10.6 Å². The summed E-state index contributed by atoms with van der Waals surface area (Å²) >= 11 is 1.54. The van der Waals surface area contributed by atoms with Gasteiger partial charge in [-0.2, -0.15) is 0 Å². The molecule has 1 fully saturated rings. The van der Waals surface area contributed by atoms with Gasteiger partial charge >= 0.3 is 0 Å². The number of aryl methyl sites for hydroxylation is 1.